The number of pyridine rings is 1. The minimum atomic E-state index is -1.67. The van der Waals surface area contributed by atoms with E-state index in [1.165, 1.54) is 0 Å². The molecule has 2 aromatic rings. The lowest BCUT2D eigenvalue weighted by atomic mass is 9.74. The highest BCUT2D eigenvalue weighted by atomic mass is 16.7. The summed E-state index contributed by atoms with van der Waals surface area (Å²) in [7, 11) is -1.67. The first-order chi connectivity index (χ1) is 15.8. The summed E-state index contributed by atoms with van der Waals surface area (Å²) in [5, 5.41) is 26.5. The fraction of sp³-hybridized carbons (Fsp3) is 0.458. The van der Waals surface area contributed by atoms with E-state index in [-0.39, 0.29) is 18.9 Å². The zero-order chi connectivity index (χ0) is 23.8. The molecule has 33 heavy (non-hydrogen) atoms. The zero-order valence-electron chi connectivity index (χ0n) is 19.4. The summed E-state index contributed by atoms with van der Waals surface area (Å²) in [5.74, 6) is -1.05. The van der Waals surface area contributed by atoms with E-state index in [1.54, 1.807) is 6.20 Å². The molecule has 1 aliphatic rings. The van der Waals surface area contributed by atoms with E-state index in [2.05, 4.69) is 15.5 Å². The Hall–Kier alpha value is -2.75. The number of carbonyl (C=O) groups excluding carboxylic acids is 1. The molecule has 8 nitrogen and oxygen atoms in total. The van der Waals surface area contributed by atoms with E-state index in [4.69, 9.17) is 9.57 Å². The van der Waals surface area contributed by atoms with Crippen LogP contribution in [0.15, 0.2) is 53.8 Å². The van der Waals surface area contributed by atoms with Gasteiger partial charge in [-0.15, -0.1) is 0 Å². The number of ether oxygens (including phenoxy) is 1. The van der Waals surface area contributed by atoms with Crippen molar-refractivity contribution in [2.75, 3.05) is 6.61 Å². The van der Waals surface area contributed by atoms with Gasteiger partial charge >= 0.3 is 7.12 Å². The van der Waals surface area contributed by atoms with Gasteiger partial charge in [0.05, 0.1) is 24.9 Å². The Morgan fingerprint density at radius 1 is 1.21 bits per heavy atom. The predicted molar refractivity (Wildman–Crippen MR) is 126 cm³/mol. The third kappa shape index (κ3) is 7.12. The van der Waals surface area contributed by atoms with Crippen LogP contribution in [0.5, 0.6) is 0 Å². The maximum atomic E-state index is 13.4. The van der Waals surface area contributed by atoms with Gasteiger partial charge in [-0.05, 0) is 42.5 Å². The molecule has 0 aliphatic carbocycles. The lowest BCUT2D eigenvalue weighted by Crippen LogP contribution is -2.56. The molecule has 1 amide bonds. The summed E-state index contributed by atoms with van der Waals surface area (Å²) in [6, 6.07) is 13.4. The Morgan fingerprint density at radius 3 is 2.64 bits per heavy atom. The molecule has 3 rings (SSSR count). The Morgan fingerprint density at radius 2 is 1.97 bits per heavy atom. The topological polar surface area (TPSA) is 113 Å². The lowest BCUT2D eigenvalue weighted by Gasteiger charge is -2.29. The Kier molecular flexibility index (Phi) is 8.60. The van der Waals surface area contributed by atoms with Crippen LogP contribution in [0, 0.1) is 12.8 Å². The number of hydrogen-bond acceptors (Lipinski definition) is 7. The molecule has 0 bridgehead atoms. The van der Waals surface area contributed by atoms with Crippen LogP contribution in [0.25, 0.3) is 0 Å². The molecule has 2 atom stereocenters. The number of nitrogens with one attached hydrogen (secondary N) is 1. The van der Waals surface area contributed by atoms with Crippen LogP contribution in [0.1, 0.15) is 43.5 Å². The molecule has 9 heteroatoms. The minimum Gasteiger partial charge on any atom is -0.426 e. The zero-order valence-corrected chi connectivity index (χ0v) is 19.4. The standard InChI is InChI=1S/C24H32BN3O5/c1-17(2)11-22(25(30)31)27-23(29)24(13-19-7-5-4-6-8-19)14-21(28-33-24)16-32-15-20-9-10-26-18(3)12-20/h4-10,12,17,22,30-31H,11,13-16H2,1-3H3,(H,27,29)/t22-,24?/m0/s1. The molecule has 0 saturated carbocycles. The van der Waals surface area contributed by atoms with Gasteiger partial charge in [-0.3, -0.25) is 9.78 Å². The molecule has 1 aliphatic heterocycles. The number of oxime groups is 1. The summed E-state index contributed by atoms with van der Waals surface area (Å²) in [4.78, 5) is 23.3. The molecule has 1 aromatic heterocycles. The second-order valence-corrected chi connectivity index (χ2v) is 9.00. The molecule has 1 aromatic carbocycles. The first-order valence-corrected chi connectivity index (χ1v) is 11.2. The SMILES string of the molecule is Cc1cc(COCC2=NOC(Cc3ccccc3)(C(=O)N[C@@H](CC(C)C)B(O)O)C2)ccn1. The molecular formula is C24H32BN3O5. The molecule has 0 saturated heterocycles. The molecule has 0 fully saturated rings. The van der Waals surface area contributed by atoms with Gasteiger partial charge in [0.2, 0.25) is 5.60 Å². The van der Waals surface area contributed by atoms with Crippen molar-refractivity contribution in [2.45, 2.75) is 58.2 Å². The van der Waals surface area contributed by atoms with Crippen molar-refractivity contribution in [3.8, 4) is 0 Å². The van der Waals surface area contributed by atoms with Crippen LogP contribution >= 0.6 is 0 Å². The van der Waals surface area contributed by atoms with E-state index in [1.807, 2.05) is 63.2 Å². The lowest BCUT2D eigenvalue weighted by molar-refractivity contribution is -0.144. The van der Waals surface area contributed by atoms with Gasteiger partial charge in [0, 0.05) is 24.7 Å². The summed E-state index contributed by atoms with van der Waals surface area (Å²) < 4.78 is 5.80. The number of amides is 1. The quantitative estimate of drug-likeness (QED) is 0.450. The molecule has 1 unspecified atom stereocenters. The number of aromatic nitrogens is 1. The van der Waals surface area contributed by atoms with Crippen molar-refractivity contribution in [3.63, 3.8) is 0 Å². The van der Waals surface area contributed by atoms with E-state index in [0.29, 0.717) is 25.2 Å². The van der Waals surface area contributed by atoms with Crippen LogP contribution in [0.2, 0.25) is 0 Å². The van der Waals surface area contributed by atoms with Crippen molar-refractivity contribution in [1.29, 1.82) is 0 Å². The van der Waals surface area contributed by atoms with Gasteiger partial charge in [0.25, 0.3) is 5.91 Å². The summed E-state index contributed by atoms with van der Waals surface area (Å²) in [6.07, 6.45) is 2.71. The van der Waals surface area contributed by atoms with Gasteiger partial charge in [-0.2, -0.15) is 0 Å². The number of hydrogen-bond donors (Lipinski definition) is 3. The van der Waals surface area contributed by atoms with Crippen LogP contribution in [0.4, 0.5) is 0 Å². The van der Waals surface area contributed by atoms with Gasteiger partial charge in [-0.25, -0.2) is 0 Å². The first kappa shape index (κ1) is 24.9. The molecule has 3 N–H and O–H groups in total. The number of aryl methyl sites for hydroxylation is 1. The third-order valence-corrected chi connectivity index (χ3v) is 5.49. The fourth-order valence-electron chi connectivity index (χ4n) is 3.89. The molecular weight excluding hydrogens is 421 g/mol. The predicted octanol–water partition coefficient (Wildman–Crippen LogP) is 2.21. The Balaban J connectivity index is 1.69. The molecule has 176 valence electrons. The highest BCUT2D eigenvalue weighted by Gasteiger charge is 2.48. The Labute approximate surface area is 195 Å². The fourth-order valence-corrected chi connectivity index (χ4v) is 3.89. The largest absolute Gasteiger partial charge is 0.475 e. The molecule has 0 spiro atoms. The number of rotatable bonds is 11. The van der Waals surface area contributed by atoms with Crippen molar-refractivity contribution >= 4 is 18.7 Å². The molecule has 2 heterocycles. The average Bonchev–Trinajstić information content (AvgIpc) is 3.17. The smallest absolute Gasteiger partial charge is 0.426 e. The second-order valence-electron chi connectivity index (χ2n) is 9.00. The van der Waals surface area contributed by atoms with Crippen LogP contribution < -0.4 is 5.32 Å². The summed E-state index contributed by atoms with van der Waals surface area (Å²) in [6.45, 7) is 6.45. The Bertz CT molecular complexity index is 954. The van der Waals surface area contributed by atoms with Crippen LogP contribution in [0.3, 0.4) is 0 Å². The van der Waals surface area contributed by atoms with E-state index >= 15 is 0 Å². The number of carbonyl (C=O) groups is 1. The minimum absolute atomic E-state index is 0.170. The maximum absolute atomic E-state index is 13.4. The third-order valence-electron chi connectivity index (χ3n) is 5.49. The van der Waals surface area contributed by atoms with Crippen molar-refractivity contribution in [3.05, 3.63) is 65.5 Å². The summed E-state index contributed by atoms with van der Waals surface area (Å²) >= 11 is 0. The number of nitrogens with zero attached hydrogens (tertiary/aromatic N) is 2. The van der Waals surface area contributed by atoms with Crippen LogP contribution in [-0.4, -0.2) is 51.9 Å². The monoisotopic (exact) mass is 453 g/mol. The van der Waals surface area contributed by atoms with Gasteiger partial charge in [-0.1, -0.05) is 49.3 Å². The maximum Gasteiger partial charge on any atom is 0.475 e. The van der Waals surface area contributed by atoms with Crippen molar-refractivity contribution in [2.24, 2.45) is 11.1 Å². The van der Waals surface area contributed by atoms with Crippen LogP contribution in [-0.2, 0) is 27.4 Å². The molecule has 0 radical (unpaired) electrons. The van der Waals surface area contributed by atoms with Gasteiger partial charge in [0.15, 0.2) is 0 Å². The normalized spacial score (nSPS) is 18.5. The highest BCUT2D eigenvalue weighted by Crippen LogP contribution is 2.29. The first-order valence-electron chi connectivity index (χ1n) is 11.2. The second kappa shape index (κ2) is 11.4. The average molecular weight is 453 g/mol. The number of benzene rings is 1. The van der Waals surface area contributed by atoms with Crippen molar-refractivity contribution < 1.29 is 24.4 Å². The van der Waals surface area contributed by atoms with E-state index < -0.39 is 24.6 Å². The highest BCUT2D eigenvalue weighted by molar-refractivity contribution is 6.43. The van der Waals surface area contributed by atoms with E-state index in [0.717, 1.165) is 16.8 Å². The summed E-state index contributed by atoms with van der Waals surface area (Å²) in [5.41, 5.74) is 2.18. The van der Waals surface area contributed by atoms with E-state index in [9.17, 15) is 14.8 Å². The van der Waals surface area contributed by atoms with Gasteiger partial charge in [0.1, 0.15) is 0 Å². The van der Waals surface area contributed by atoms with Crippen molar-refractivity contribution in [1.82, 2.24) is 10.3 Å². The van der Waals surface area contributed by atoms with Gasteiger partial charge < -0.3 is 24.9 Å².